The summed E-state index contributed by atoms with van der Waals surface area (Å²) in [5.74, 6) is -0.512. The zero-order chi connectivity index (χ0) is 20.3. The summed E-state index contributed by atoms with van der Waals surface area (Å²) in [6, 6.07) is 11.7. The highest BCUT2D eigenvalue weighted by Gasteiger charge is 2.26. The maximum atomic E-state index is 12.5. The van der Waals surface area contributed by atoms with Crippen LogP contribution in [0.15, 0.2) is 47.6 Å². The van der Waals surface area contributed by atoms with E-state index in [4.69, 9.17) is 0 Å². The maximum Gasteiger partial charge on any atom is 0.269 e. The summed E-state index contributed by atoms with van der Waals surface area (Å²) in [7, 11) is 0. The Hall–Kier alpha value is -3.55. The van der Waals surface area contributed by atoms with Gasteiger partial charge in [0.2, 0.25) is 5.91 Å². The summed E-state index contributed by atoms with van der Waals surface area (Å²) in [5.41, 5.74) is 3.58. The van der Waals surface area contributed by atoms with E-state index in [0.29, 0.717) is 5.69 Å². The zero-order valence-electron chi connectivity index (χ0n) is 15.6. The largest absolute Gasteiger partial charge is 0.347 e. The molecule has 0 atom stereocenters. The number of hydrazone groups is 1. The fourth-order valence-electron chi connectivity index (χ4n) is 2.87. The fraction of sp³-hybridized carbons (Fsp3) is 0.250. The third-order valence-corrected chi connectivity index (χ3v) is 4.49. The van der Waals surface area contributed by atoms with Crippen molar-refractivity contribution in [2.45, 2.75) is 33.2 Å². The highest BCUT2D eigenvalue weighted by Crippen LogP contribution is 2.25. The van der Waals surface area contributed by atoms with Crippen LogP contribution in [-0.4, -0.2) is 22.4 Å². The molecular weight excluding hydrogens is 360 g/mol. The molecule has 8 nitrogen and oxygen atoms in total. The van der Waals surface area contributed by atoms with Crippen LogP contribution in [-0.2, 0) is 16.1 Å². The number of nitro benzene ring substituents is 1. The van der Waals surface area contributed by atoms with Crippen LogP contribution in [0.1, 0.15) is 29.5 Å². The van der Waals surface area contributed by atoms with E-state index in [1.165, 1.54) is 17.1 Å². The number of non-ortho nitro benzene ring substituents is 1. The van der Waals surface area contributed by atoms with Gasteiger partial charge in [-0.1, -0.05) is 24.3 Å². The van der Waals surface area contributed by atoms with Gasteiger partial charge in [0.05, 0.1) is 10.6 Å². The second-order valence-corrected chi connectivity index (χ2v) is 6.65. The Morgan fingerprint density at radius 1 is 1.18 bits per heavy atom. The second-order valence-electron chi connectivity index (χ2n) is 6.65. The van der Waals surface area contributed by atoms with Crippen molar-refractivity contribution < 1.29 is 14.5 Å². The normalized spacial score (nSPS) is 13.9. The van der Waals surface area contributed by atoms with E-state index in [9.17, 15) is 19.7 Å². The van der Waals surface area contributed by atoms with Crippen LogP contribution < -0.4 is 10.3 Å². The van der Waals surface area contributed by atoms with Gasteiger partial charge in [-0.2, -0.15) is 5.10 Å². The second kappa shape index (κ2) is 7.99. The number of carbonyl (C=O) groups is 2. The van der Waals surface area contributed by atoms with Gasteiger partial charge in [0.15, 0.2) is 0 Å². The van der Waals surface area contributed by atoms with Crippen LogP contribution in [0.2, 0.25) is 0 Å². The van der Waals surface area contributed by atoms with Crippen molar-refractivity contribution in [2.75, 3.05) is 5.01 Å². The first-order valence-electron chi connectivity index (χ1n) is 8.84. The molecule has 0 unspecified atom stereocenters. The molecule has 2 amide bonds. The van der Waals surface area contributed by atoms with Crippen molar-refractivity contribution in [1.82, 2.24) is 5.32 Å². The number of benzene rings is 2. The minimum absolute atomic E-state index is 0.00518. The lowest BCUT2D eigenvalue weighted by molar-refractivity contribution is -0.384. The van der Waals surface area contributed by atoms with Crippen LogP contribution >= 0.6 is 0 Å². The van der Waals surface area contributed by atoms with Crippen LogP contribution in [0.5, 0.6) is 0 Å². The van der Waals surface area contributed by atoms with Gasteiger partial charge in [-0.05, 0) is 36.6 Å². The predicted molar refractivity (Wildman–Crippen MR) is 105 cm³/mol. The first-order valence-corrected chi connectivity index (χ1v) is 8.84. The molecule has 1 N–H and O–H groups in total. The number of amides is 2. The molecule has 0 fully saturated rings. The first kappa shape index (κ1) is 19.2. The molecule has 28 heavy (non-hydrogen) atoms. The third-order valence-electron chi connectivity index (χ3n) is 4.49. The number of anilines is 1. The van der Waals surface area contributed by atoms with Crippen LogP contribution in [0.3, 0.4) is 0 Å². The summed E-state index contributed by atoms with van der Waals surface area (Å²) in [5, 5.41) is 19.0. The van der Waals surface area contributed by atoms with Gasteiger partial charge in [-0.3, -0.25) is 19.7 Å². The minimum atomic E-state index is -0.474. The SMILES string of the molecule is Cc1ccc(C)c(N2N=C(C(=O)NCc3ccc([N+](=O)[O-])cc3)CCC2=O)c1. The minimum Gasteiger partial charge on any atom is -0.347 e. The fourth-order valence-corrected chi connectivity index (χ4v) is 2.87. The van der Waals surface area contributed by atoms with Gasteiger partial charge in [0, 0.05) is 31.5 Å². The van der Waals surface area contributed by atoms with Crippen molar-refractivity contribution in [3.8, 4) is 0 Å². The Balaban J connectivity index is 1.73. The summed E-state index contributed by atoms with van der Waals surface area (Å²) in [6.07, 6.45) is 0.476. The molecule has 0 saturated heterocycles. The molecule has 3 rings (SSSR count). The molecule has 0 spiro atoms. The van der Waals surface area contributed by atoms with Gasteiger partial charge in [-0.15, -0.1) is 0 Å². The molecule has 8 heteroatoms. The average molecular weight is 380 g/mol. The van der Waals surface area contributed by atoms with Crippen molar-refractivity contribution >= 4 is 28.9 Å². The number of rotatable bonds is 5. The highest BCUT2D eigenvalue weighted by atomic mass is 16.6. The molecular formula is C20H20N4O4. The molecule has 144 valence electrons. The Labute approximate surface area is 162 Å². The van der Waals surface area contributed by atoms with Gasteiger partial charge >= 0.3 is 0 Å². The van der Waals surface area contributed by atoms with Crippen LogP contribution in [0, 0.1) is 24.0 Å². The quantitative estimate of drug-likeness (QED) is 0.636. The van der Waals surface area contributed by atoms with E-state index in [0.717, 1.165) is 16.7 Å². The summed E-state index contributed by atoms with van der Waals surface area (Å²) in [4.78, 5) is 35.0. The summed E-state index contributed by atoms with van der Waals surface area (Å²) in [6.45, 7) is 4.03. The van der Waals surface area contributed by atoms with E-state index in [1.807, 2.05) is 32.0 Å². The lowest BCUT2D eigenvalue weighted by Crippen LogP contribution is -2.39. The lowest BCUT2D eigenvalue weighted by Gasteiger charge is -2.24. The lowest BCUT2D eigenvalue weighted by atomic mass is 10.1. The average Bonchev–Trinajstić information content (AvgIpc) is 2.68. The molecule has 2 aromatic carbocycles. The number of hydrogen-bond donors (Lipinski definition) is 1. The van der Waals surface area contributed by atoms with E-state index in [1.54, 1.807) is 12.1 Å². The highest BCUT2D eigenvalue weighted by molar-refractivity contribution is 6.40. The van der Waals surface area contributed by atoms with Crippen molar-refractivity contribution in [3.63, 3.8) is 0 Å². The Bertz CT molecular complexity index is 967. The Kier molecular flexibility index (Phi) is 5.49. The standard InChI is InChI=1S/C20H20N4O4/c1-13-3-4-14(2)18(11-13)23-19(25)10-9-17(22-23)20(26)21-12-15-5-7-16(8-6-15)24(27)28/h3-8,11H,9-10,12H2,1-2H3,(H,21,26). The number of nitrogens with one attached hydrogen (secondary N) is 1. The van der Waals surface area contributed by atoms with Gasteiger partial charge in [-0.25, -0.2) is 5.01 Å². The van der Waals surface area contributed by atoms with E-state index in [-0.39, 0.29) is 42.6 Å². The first-order chi connectivity index (χ1) is 13.3. The number of hydrogen-bond acceptors (Lipinski definition) is 5. The van der Waals surface area contributed by atoms with Gasteiger partial charge in [0.25, 0.3) is 11.6 Å². The van der Waals surface area contributed by atoms with E-state index >= 15 is 0 Å². The van der Waals surface area contributed by atoms with Crippen LogP contribution in [0.25, 0.3) is 0 Å². The molecule has 1 aliphatic rings. The molecule has 0 aromatic heterocycles. The number of aryl methyl sites for hydroxylation is 2. The summed E-state index contributed by atoms with van der Waals surface area (Å²) >= 11 is 0. The van der Waals surface area contributed by atoms with E-state index in [2.05, 4.69) is 10.4 Å². The smallest absolute Gasteiger partial charge is 0.269 e. The Morgan fingerprint density at radius 2 is 1.89 bits per heavy atom. The van der Waals surface area contributed by atoms with E-state index < -0.39 is 4.92 Å². The maximum absolute atomic E-state index is 12.5. The number of nitro groups is 1. The molecule has 0 bridgehead atoms. The zero-order valence-corrected chi connectivity index (χ0v) is 15.6. The summed E-state index contributed by atoms with van der Waals surface area (Å²) < 4.78 is 0. The molecule has 0 radical (unpaired) electrons. The molecule has 2 aromatic rings. The van der Waals surface area contributed by atoms with Crippen LogP contribution in [0.4, 0.5) is 11.4 Å². The predicted octanol–water partition coefficient (Wildman–Crippen LogP) is 3.01. The van der Waals surface area contributed by atoms with Crippen molar-refractivity contribution in [2.24, 2.45) is 5.10 Å². The third kappa shape index (κ3) is 4.22. The van der Waals surface area contributed by atoms with Gasteiger partial charge in [0.1, 0.15) is 5.71 Å². The van der Waals surface area contributed by atoms with Gasteiger partial charge < -0.3 is 5.32 Å². The van der Waals surface area contributed by atoms with Crippen molar-refractivity contribution in [3.05, 3.63) is 69.3 Å². The number of carbonyl (C=O) groups excluding carboxylic acids is 2. The molecule has 1 aliphatic heterocycles. The molecule has 0 saturated carbocycles. The molecule has 1 heterocycles. The van der Waals surface area contributed by atoms with Crippen molar-refractivity contribution in [1.29, 1.82) is 0 Å². The topological polar surface area (TPSA) is 105 Å². The monoisotopic (exact) mass is 380 g/mol. The number of nitrogens with zero attached hydrogens (tertiary/aromatic N) is 3. The Morgan fingerprint density at radius 3 is 2.57 bits per heavy atom. The molecule has 0 aliphatic carbocycles.